The Balaban J connectivity index is 2.53. The maximum absolute atomic E-state index is 12.2. The summed E-state index contributed by atoms with van der Waals surface area (Å²) < 4.78 is 0.999. The third-order valence-corrected chi connectivity index (χ3v) is 4.56. The van der Waals surface area contributed by atoms with Crippen molar-refractivity contribution in [2.24, 2.45) is 0 Å². The molecule has 0 radical (unpaired) electrons. The first-order chi connectivity index (χ1) is 9.69. The van der Waals surface area contributed by atoms with E-state index >= 15 is 0 Å². The molecule has 1 amide bonds. The Hall–Kier alpha value is -1.01. The van der Waals surface area contributed by atoms with Gasteiger partial charge in [0.1, 0.15) is 0 Å². The maximum atomic E-state index is 12.2. The maximum Gasteiger partial charge on any atom is 0.303 e. The van der Waals surface area contributed by atoms with Crippen LogP contribution < -0.4 is 5.32 Å². The third kappa shape index (κ3) is 7.00. The van der Waals surface area contributed by atoms with Crippen LogP contribution in [0, 0.1) is 0 Å². The quantitative estimate of drug-likeness (QED) is 0.715. The second-order valence-electron chi connectivity index (χ2n) is 5.48. The molecule has 1 aromatic rings. The Morgan fingerprint density at radius 1 is 1.33 bits per heavy atom. The van der Waals surface area contributed by atoms with Crippen LogP contribution in [0.3, 0.4) is 0 Å². The lowest BCUT2D eigenvalue weighted by Crippen LogP contribution is -2.46. The first kappa shape index (κ1) is 18.0. The van der Waals surface area contributed by atoms with Crippen LogP contribution in [0.5, 0.6) is 0 Å². The van der Waals surface area contributed by atoms with Gasteiger partial charge in [-0.25, -0.2) is 0 Å². The Morgan fingerprint density at radius 3 is 2.43 bits per heavy atom. The number of aliphatic carboxylic acids is 1. The summed E-state index contributed by atoms with van der Waals surface area (Å²) in [6.07, 6.45) is 0.450. The second kappa shape index (κ2) is 7.84. The van der Waals surface area contributed by atoms with Gasteiger partial charge in [-0.2, -0.15) is 0 Å². The molecule has 0 spiro atoms. The van der Waals surface area contributed by atoms with Crippen LogP contribution in [0.25, 0.3) is 0 Å². The molecule has 0 aromatic heterocycles. The molecule has 116 valence electrons. The molecule has 0 bridgehead atoms. The average Bonchev–Trinajstić information content (AvgIpc) is 2.38. The number of rotatable bonds is 7. The van der Waals surface area contributed by atoms with E-state index < -0.39 is 11.5 Å². The standard InChI is InChI=1S/C15H20BrNO3S/c1-10(21-12-6-4-11(16)5-7-12)14(20)17-15(2,3)9-8-13(18)19/h4-7,10H,8-9H2,1-3H3,(H,17,20)(H,18,19). The van der Waals surface area contributed by atoms with Crippen molar-refractivity contribution in [1.29, 1.82) is 0 Å². The van der Waals surface area contributed by atoms with Gasteiger partial charge in [-0.1, -0.05) is 15.9 Å². The van der Waals surface area contributed by atoms with E-state index in [0.717, 1.165) is 9.37 Å². The normalized spacial score (nSPS) is 12.8. The lowest BCUT2D eigenvalue weighted by molar-refractivity contribution is -0.137. The van der Waals surface area contributed by atoms with Gasteiger partial charge >= 0.3 is 5.97 Å². The minimum atomic E-state index is -0.852. The molecular weight excluding hydrogens is 354 g/mol. The number of carbonyl (C=O) groups is 2. The van der Waals surface area contributed by atoms with Crippen molar-refractivity contribution in [3.8, 4) is 0 Å². The van der Waals surface area contributed by atoms with Crippen LogP contribution in [0.2, 0.25) is 0 Å². The number of carboxylic acids is 1. The number of carbonyl (C=O) groups excluding carboxylic acids is 1. The van der Waals surface area contributed by atoms with E-state index in [2.05, 4.69) is 21.2 Å². The third-order valence-electron chi connectivity index (χ3n) is 2.92. The fourth-order valence-corrected chi connectivity index (χ4v) is 2.82. The zero-order valence-electron chi connectivity index (χ0n) is 12.4. The summed E-state index contributed by atoms with van der Waals surface area (Å²) in [5.74, 6) is -0.937. The molecule has 0 heterocycles. The zero-order valence-corrected chi connectivity index (χ0v) is 14.8. The van der Waals surface area contributed by atoms with Gasteiger partial charge in [0.15, 0.2) is 0 Å². The molecule has 1 aromatic carbocycles. The van der Waals surface area contributed by atoms with E-state index in [-0.39, 0.29) is 17.6 Å². The topological polar surface area (TPSA) is 66.4 Å². The predicted molar refractivity (Wildman–Crippen MR) is 88.6 cm³/mol. The second-order valence-corrected chi connectivity index (χ2v) is 7.81. The van der Waals surface area contributed by atoms with Gasteiger partial charge in [0.2, 0.25) is 5.91 Å². The smallest absolute Gasteiger partial charge is 0.303 e. The Labute approximate surface area is 137 Å². The SMILES string of the molecule is CC(Sc1ccc(Br)cc1)C(=O)NC(C)(C)CCC(=O)O. The van der Waals surface area contributed by atoms with Crippen LogP contribution in [-0.4, -0.2) is 27.8 Å². The fraction of sp³-hybridized carbons (Fsp3) is 0.467. The van der Waals surface area contributed by atoms with E-state index in [9.17, 15) is 9.59 Å². The molecular formula is C15H20BrNO3S. The van der Waals surface area contributed by atoms with Crippen LogP contribution in [0.15, 0.2) is 33.6 Å². The van der Waals surface area contributed by atoms with Gasteiger partial charge in [-0.15, -0.1) is 11.8 Å². The van der Waals surface area contributed by atoms with E-state index in [1.807, 2.05) is 45.0 Å². The largest absolute Gasteiger partial charge is 0.481 e. The van der Waals surface area contributed by atoms with E-state index in [4.69, 9.17) is 5.11 Å². The van der Waals surface area contributed by atoms with Gasteiger partial charge in [-0.05, 0) is 51.5 Å². The predicted octanol–water partition coefficient (Wildman–Crippen LogP) is 3.69. The van der Waals surface area contributed by atoms with Crippen molar-refractivity contribution >= 4 is 39.6 Å². The van der Waals surface area contributed by atoms with Gasteiger partial charge in [-0.3, -0.25) is 9.59 Å². The Bertz CT molecular complexity index is 502. The molecule has 4 nitrogen and oxygen atoms in total. The van der Waals surface area contributed by atoms with Gasteiger partial charge in [0, 0.05) is 21.3 Å². The number of hydrogen-bond acceptors (Lipinski definition) is 3. The molecule has 1 rings (SSSR count). The Morgan fingerprint density at radius 2 is 1.90 bits per heavy atom. The van der Waals surface area contributed by atoms with Crippen molar-refractivity contribution in [2.75, 3.05) is 0 Å². The first-order valence-corrected chi connectivity index (χ1v) is 8.33. The molecule has 2 N–H and O–H groups in total. The number of benzene rings is 1. The molecule has 21 heavy (non-hydrogen) atoms. The number of halogens is 1. The molecule has 1 atom stereocenters. The number of nitrogens with one attached hydrogen (secondary N) is 1. The summed E-state index contributed by atoms with van der Waals surface area (Å²) in [5, 5.41) is 11.4. The zero-order chi connectivity index (χ0) is 16.0. The average molecular weight is 374 g/mol. The molecule has 0 aliphatic heterocycles. The summed E-state index contributed by atoms with van der Waals surface area (Å²) >= 11 is 4.85. The molecule has 0 aliphatic carbocycles. The number of thioether (sulfide) groups is 1. The summed E-state index contributed by atoms with van der Waals surface area (Å²) in [6.45, 7) is 5.52. The summed E-state index contributed by atoms with van der Waals surface area (Å²) in [5.41, 5.74) is -0.524. The van der Waals surface area contributed by atoms with Crippen molar-refractivity contribution in [3.05, 3.63) is 28.7 Å². The van der Waals surface area contributed by atoms with E-state index in [1.165, 1.54) is 11.8 Å². The van der Waals surface area contributed by atoms with Gasteiger partial charge in [0.05, 0.1) is 5.25 Å². The highest BCUT2D eigenvalue weighted by Gasteiger charge is 2.24. The van der Waals surface area contributed by atoms with Crippen LogP contribution in [-0.2, 0) is 9.59 Å². The molecule has 1 unspecified atom stereocenters. The summed E-state index contributed by atoms with van der Waals surface area (Å²) in [4.78, 5) is 23.8. The molecule has 6 heteroatoms. The minimum absolute atomic E-state index is 0.0432. The van der Waals surface area contributed by atoms with E-state index in [0.29, 0.717) is 6.42 Å². The Kier molecular flexibility index (Phi) is 6.74. The lowest BCUT2D eigenvalue weighted by Gasteiger charge is -2.27. The van der Waals surface area contributed by atoms with Crippen LogP contribution in [0.1, 0.15) is 33.6 Å². The van der Waals surface area contributed by atoms with Gasteiger partial charge < -0.3 is 10.4 Å². The van der Waals surface area contributed by atoms with Crippen molar-refractivity contribution in [1.82, 2.24) is 5.32 Å². The fourth-order valence-electron chi connectivity index (χ4n) is 1.69. The van der Waals surface area contributed by atoms with Crippen molar-refractivity contribution < 1.29 is 14.7 Å². The summed E-state index contributed by atoms with van der Waals surface area (Å²) in [6, 6.07) is 7.77. The van der Waals surface area contributed by atoms with Crippen molar-refractivity contribution in [2.45, 2.75) is 49.3 Å². The van der Waals surface area contributed by atoms with Crippen LogP contribution in [0.4, 0.5) is 0 Å². The minimum Gasteiger partial charge on any atom is -0.481 e. The van der Waals surface area contributed by atoms with Crippen LogP contribution >= 0.6 is 27.7 Å². The van der Waals surface area contributed by atoms with Crippen molar-refractivity contribution in [3.63, 3.8) is 0 Å². The molecule has 0 aliphatic rings. The number of hydrogen-bond donors (Lipinski definition) is 2. The van der Waals surface area contributed by atoms with Gasteiger partial charge in [0.25, 0.3) is 0 Å². The lowest BCUT2D eigenvalue weighted by atomic mass is 9.98. The van der Waals surface area contributed by atoms with E-state index in [1.54, 1.807) is 0 Å². The highest BCUT2D eigenvalue weighted by Crippen LogP contribution is 2.25. The summed E-state index contributed by atoms with van der Waals surface area (Å²) in [7, 11) is 0. The molecule has 0 saturated carbocycles. The monoisotopic (exact) mass is 373 g/mol. The molecule has 0 fully saturated rings. The number of carboxylic acid groups (broad SMARTS) is 1. The first-order valence-electron chi connectivity index (χ1n) is 6.66. The highest BCUT2D eigenvalue weighted by molar-refractivity contribution is 9.10. The number of amides is 1. The molecule has 0 saturated heterocycles. The highest BCUT2D eigenvalue weighted by atomic mass is 79.9.